The minimum Gasteiger partial charge on any atom is -0.329 e. The van der Waals surface area contributed by atoms with Crippen molar-refractivity contribution in [3.63, 3.8) is 0 Å². The molecule has 1 aliphatic heterocycles. The molecule has 5 nitrogen and oxygen atoms in total. The standard InChI is InChI=1S/C18H15N3O2S2/c1-12-6-8-13(9-7-12)11-21-15-5-3-2-4-14(15)17-16(25(21,22)23)10-19-18(24)20-17/h2-10H,11H2,1H3,(H,19,20,24). The van der Waals surface area contributed by atoms with Gasteiger partial charge in [-0.1, -0.05) is 48.0 Å². The molecule has 0 radical (unpaired) electrons. The van der Waals surface area contributed by atoms with Gasteiger partial charge in [-0.15, -0.1) is 0 Å². The van der Waals surface area contributed by atoms with Gasteiger partial charge in [0, 0.05) is 5.56 Å². The predicted octanol–water partition coefficient (Wildman–Crippen LogP) is 3.82. The minimum absolute atomic E-state index is 0.145. The van der Waals surface area contributed by atoms with Gasteiger partial charge in [-0.05, 0) is 30.8 Å². The number of benzene rings is 2. The number of rotatable bonds is 2. The van der Waals surface area contributed by atoms with Crippen molar-refractivity contribution in [1.29, 1.82) is 0 Å². The number of aromatic nitrogens is 2. The Bertz CT molecular complexity index is 1120. The second-order valence-electron chi connectivity index (χ2n) is 5.94. The number of hydrogen-bond acceptors (Lipinski definition) is 4. The minimum atomic E-state index is -3.73. The second-order valence-corrected chi connectivity index (χ2v) is 8.16. The molecule has 2 heterocycles. The summed E-state index contributed by atoms with van der Waals surface area (Å²) >= 11 is 5.07. The summed E-state index contributed by atoms with van der Waals surface area (Å²) in [5.41, 5.74) is 3.98. The molecular weight excluding hydrogens is 354 g/mol. The molecule has 0 spiro atoms. The maximum Gasteiger partial charge on any atom is 0.268 e. The summed E-state index contributed by atoms with van der Waals surface area (Å²) in [5.74, 6) is 0. The third-order valence-corrected chi connectivity index (χ3v) is 6.21. The number of aryl methyl sites for hydroxylation is 1. The van der Waals surface area contributed by atoms with E-state index in [4.69, 9.17) is 12.2 Å². The molecule has 0 fully saturated rings. The molecule has 4 rings (SSSR count). The predicted molar refractivity (Wildman–Crippen MR) is 99.4 cm³/mol. The van der Waals surface area contributed by atoms with E-state index in [1.54, 1.807) is 6.07 Å². The molecule has 25 heavy (non-hydrogen) atoms. The summed E-state index contributed by atoms with van der Waals surface area (Å²) in [5, 5.41) is 0. The van der Waals surface area contributed by atoms with Crippen LogP contribution in [0.25, 0.3) is 11.3 Å². The van der Waals surface area contributed by atoms with Crippen LogP contribution in [-0.4, -0.2) is 18.4 Å². The van der Waals surface area contributed by atoms with Crippen LogP contribution in [0.3, 0.4) is 0 Å². The highest BCUT2D eigenvalue weighted by Crippen LogP contribution is 2.42. The topological polar surface area (TPSA) is 66.1 Å². The van der Waals surface area contributed by atoms with Crippen LogP contribution in [0.2, 0.25) is 0 Å². The zero-order valence-corrected chi connectivity index (χ0v) is 15.1. The lowest BCUT2D eigenvalue weighted by atomic mass is 10.1. The Kier molecular flexibility index (Phi) is 3.70. The van der Waals surface area contributed by atoms with E-state index in [0.29, 0.717) is 11.4 Å². The van der Waals surface area contributed by atoms with Gasteiger partial charge < -0.3 is 4.98 Å². The monoisotopic (exact) mass is 369 g/mol. The van der Waals surface area contributed by atoms with Gasteiger partial charge in [-0.25, -0.2) is 13.4 Å². The van der Waals surface area contributed by atoms with E-state index in [1.807, 2.05) is 49.4 Å². The number of para-hydroxylation sites is 1. The third kappa shape index (κ3) is 2.65. The molecule has 1 aliphatic rings. The van der Waals surface area contributed by atoms with Crippen LogP contribution in [0.4, 0.5) is 5.69 Å². The number of fused-ring (bicyclic) bond motifs is 3. The summed E-state index contributed by atoms with van der Waals surface area (Å²) in [4.78, 5) is 7.04. The van der Waals surface area contributed by atoms with Crippen molar-refractivity contribution in [3.8, 4) is 11.3 Å². The zero-order valence-electron chi connectivity index (χ0n) is 13.4. The normalized spacial score (nSPS) is 14.7. The SMILES string of the molecule is Cc1ccc(CN2c3ccccc3-c3[nH]c(=S)ncc3S2(=O)=O)cc1. The Labute approximate surface area is 151 Å². The number of nitrogens with zero attached hydrogens (tertiary/aromatic N) is 2. The highest BCUT2D eigenvalue weighted by molar-refractivity contribution is 7.93. The average molecular weight is 369 g/mol. The quantitative estimate of drug-likeness (QED) is 0.697. The smallest absolute Gasteiger partial charge is 0.268 e. The number of H-pyrrole nitrogens is 1. The van der Waals surface area contributed by atoms with Crippen molar-refractivity contribution < 1.29 is 8.42 Å². The maximum absolute atomic E-state index is 13.2. The first-order chi connectivity index (χ1) is 12.0. The third-order valence-electron chi connectivity index (χ3n) is 4.23. The number of sulfonamides is 1. The molecule has 3 aromatic rings. The van der Waals surface area contributed by atoms with E-state index in [9.17, 15) is 8.42 Å². The second kappa shape index (κ2) is 5.79. The molecule has 1 aromatic heterocycles. The van der Waals surface area contributed by atoms with E-state index >= 15 is 0 Å². The summed E-state index contributed by atoms with van der Waals surface area (Å²) in [6.45, 7) is 2.26. The van der Waals surface area contributed by atoms with Gasteiger partial charge in [0.15, 0.2) is 4.77 Å². The molecule has 2 aromatic carbocycles. The van der Waals surface area contributed by atoms with Crippen molar-refractivity contribution >= 4 is 27.9 Å². The van der Waals surface area contributed by atoms with Crippen molar-refractivity contribution in [2.24, 2.45) is 0 Å². The summed E-state index contributed by atoms with van der Waals surface area (Å²) < 4.78 is 28.0. The zero-order chi connectivity index (χ0) is 17.6. The van der Waals surface area contributed by atoms with Gasteiger partial charge in [-0.3, -0.25) is 4.31 Å². The first-order valence-electron chi connectivity index (χ1n) is 7.74. The number of nitrogens with one attached hydrogen (secondary N) is 1. The van der Waals surface area contributed by atoms with Gasteiger partial charge in [0.2, 0.25) is 0 Å². The first-order valence-corrected chi connectivity index (χ1v) is 9.59. The molecule has 1 N–H and O–H groups in total. The Morgan fingerprint density at radius 3 is 2.60 bits per heavy atom. The fraction of sp³-hybridized carbons (Fsp3) is 0.111. The molecule has 0 atom stereocenters. The molecule has 0 aliphatic carbocycles. The van der Waals surface area contributed by atoms with Crippen molar-refractivity contribution in [3.05, 3.63) is 70.6 Å². The van der Waals surface area contributed by atoms with Crippen molar-refractivity contribution in [2.75, 3.05) is 4.31 Å². The molecule has 0 saturated carbocycles. The molecule has 0 saturated heterocycles. The molecular formula is C18H15N3O2S2. The first kappa shape index (κ1) is 16.0. The van der Waals surface area contributed by atoms with Gasteiger partial charge in [-0.2, -0.15) is 0 Å². The molecule has 7 heteroatoms. The van der Waals surface area contributed by atoms with Gasteiger partial charge in [0.05, 0.1) is 24.1 Å². The van der Waals surface area contributed by atoms with Gasteiger partial charge in [0.1, 0.15) is 4.90 Å². The fourth-order valence-corrected chi connectivity index (χ4v) is 4.69. The molecule has 0 bridgehead atoms. The van der Waals surface area contributed by atoms with Crippen molar-refractivity contribution in [2.45, 2.75) is 18.4 Å². The lowest BCUT2D eigenvalue weighted by Crippen LogP contribution is -2.34. The van der Waals surface area contributed by atoms with Crippen LogP contribution >= 0.6 is 12.2 Å². The van der Waals surface area contributed by atoms with E-state index in [-0.39, 0.29) is 16.2 Å². The van der Waals surface area contributed by atoms with E-state index in [1.165, 1.54) is 10.5 Å². The molecule has 126 valence electrons. The average Bonchev–Trinajstić information content (AvgIpc) is 2.60. The Balaban J connectivity index is 1.92. The van der Waals surface area contributed by atoms with E-state index < -0.39 is 10.0 Å². The highest BCUT2D eigenvalue weighted by Gasteiger charge is 2.35. The molecule has 0 unspecified atom stereocenters. The van der Waals surface area contributed by atoms with Crippen molar-refractivity contribution in [1.82, 2.24) is 9.97 Å². The molecule has 0 amide bonds. The summed E-state index contributed by atoms with van der Waals surface area (Å²) in [7, 11) is -3.73. The Morgan fingerprint density at radius 2 is 1.84 bits per heavy atom. The summed E-state index contributed by atoms with van der Waals surface area (Å²) in [6, 6.07) is 15.2. The van der Waals surface area contributed by atoms with Crippen LogP contribution in [0.15, 0.2) is 59.6 Å². The van der Waals surface area contributed by atoms with Crippen LogP contribution in [-0.2, 0) is 16.6 Å². The van der Waals surface area contributed by atoms with E-state index in [0.717, 1.165) is 16.7 Å². The number of aromatic amines is 1. The van der Waals surface area contributed by atoms with Gasteiger partial charge >= 0.3 is 0 Å². The Morgan fingerprint density at radius 1 is 1.12 bits per heavy atom. The van der Waals surface area contributed by atoms with E-state index in [2.05, 4.69) is 9.97 Å². The Hall–Kier alpha value is -2.51. The van der Waals surface area contributed by atoms with Crippen LogP contribution in [0, 0.1) is 11.7 Å². The van der Waals surface area contributed by atoms with Crippen LogP contribution < -0.4 is 4.31 Å². The summed E-state index contributed by atoms with van der Waals surface area (Å²) in [6.07, 6.45) is 1.33. The maximum atomic E-state index is 13.2. The number of hydrogen-bond donors (Lipinski definition) is 1. The lowest BCUT2D eigenvalue weighted by Gasteiger charge is -2.31. The van der Waals surface area contributed by atoms with Crippen LogP contribution in [0.5, 0.6) is 0 Å². The number of anilines is 1. The van der Waals surface area contributed by atoms with Gasteiger partial charge in [0.25, 0.3) is 10.0 Å². The largest absolute Gasteiger partial charge is 0.329 e. The van der Waals surface area contributed by atoms with Crippen LogP contribution in [0.1, 0.15) is 11.1 Å². The fourth-order valence-electron chi connectivity index (χ4n) is 2.96. The lowest BCUT2D eigenvalue weighted by molar-refractivity contribution is 0.588. The highest BCUT2D eigenvalue weighted by atomic mass is 32.2.